The summed E-state index contributed by atoms with van der Waals surface area (Å²) in [5, 5.41) is 5.51. The average molecular weight is 386 g/mol. The second kappa shape index (κ2) is 8.39. The first-order valence-electron chi connectivity index (χ1n) is 8.32. The molecule has 3 nitrogen and oxygen atoms in total. The van der Waals surface area contributed by atoms with Gasteiger partial charge in [0.2, 0.25) is 0 Å². The van der Waals surface area contributed by atoms with Gasteiger partial charge in [-0.3, -0.25) is 4.79 Å². The molecule has 0 fully saturated rings. The maximum absolute atomic E-state index is 12.3. The summed E-state index contributed by atoms with van der Waals surface area (Å²) in [5.41, 5.74) is 4.20. The highest BCUT2D eigenvalue weighted by molar-refractivity contribution is 7.12. The molecule has 1 amide bonds. The molecule has 1 aromatic heterocycles. The summed E-state index contributed by atoms with van der Waals surface area (Å²) in [6.45, 7) is 4.94. The van der Waals surface area contributed by atoms with E-state index in [4.69, 9.17) is 16.3 Å². The molecule has 0 aliphatic carbocycles. The molecule has 2 aromatic carbocycles. The molecule has 3 rings (SSSR count). The molecular formula is C21H20ClNO2S. The molecule has 1 heterocycles. The number of hydrogen-bond donors (Lipinski definition) is 1. The highest BCUT2D eigenvalue weighted by atomic mass is 35.5. The van der Waals surface area contributed by atoms with E-state index in [0.717, 1.165) is 22.4 Å². The standard InChI is InChI=1S/C21H20ClNO2S/c1-14-7-8-19(15(2)9-14)25-12-16-10-20(26-13-16)21(24)23-11-17-5-3-4-6-18(17)22/h3-10,13H,11-12H2,1-2H3,(H,23,24). The Bertz CT molecular complexity index is 920. The second-order valence-electron chi connectivity index (χ2n) is 6.15. The smallest absolute Gasteiger partial charge is 0.261 e. The summed E-state index contributed by atoms with van der Waals surface area (Å²) < 4.78 is 5.87. The van der Waals surface area contributed by atoms with Gasteiger partial charge in [-0.2, -0.15) is 0 Å². The van der Waals surface area contributed by atoms with E-state index in [0.29, 0.717) is 23.1 Å². The number of hydrogen-bond acceptors (Lipinski definition) is 3. The minimum absolute atomic E-state index is 0.104. The van der Waals surface area contributed by atoms with Crippen LogP contribution in [-0.2, 0) is 13.2 Å². The second-order valence-corrected chi connectivity index (χ2v) is 7.47. The Labute approximate surface area is 162 Å². The Morgan fingerprint density at radius 3 is 2.73 bits per heavy atom. The van der Waals surface area contributed by atoms with Gasteiger partial charge in [0.1, 0.15) is 12.4 Å². The van der Waals surface area contributed by atoms with E-state index in [-0.39, 0.29) is 5.91 Å². The highest BCUT2D eigenvalue weighted by Crippen LogP contribution is 2.22. The van der Waals surface area contributed by atoms with Crippen LogP contribution < -0.4 is 10.1 Å². The minimum atomic E-state index is -0.104. The highest BCUT2D eigenvalue weighted by Gasteiger charge is 2.10. The lowest BCUT2D eigenvalue weighted by molar-refractivity contribution is 0.0955. The van der Waals surface area contributed by atoms with Crippen molar-refractivity contribution in [3.05, 3.63) is 86.1 Å². The molecule has 0 aliphatic heterocycles. The number of benzene rings is 2. The van der Waals surface area contributed by atoms with Crippen molar-refractivity contribution in [2.24, 2.45) is 0 Å². The van der Waals surface area contributed by atoms with E-state index < -0.39 is 0 Å². The molecule has 1 N–H and O–H groups in total. The molecule has 26 heavy (non-hydrogen) atoms. The van der Waals surface area contributed by atoms with Crippen LogP contribution in [0, 0.1) is 13.8 Å². The molecular weight excluding hydrogens is 366 g/mol. The number of thiophene rings is 1. The largest absolute Gasteiger partial charge is 0.489 e. The van der Waals surface area contributed by atoms with Crippen molar-refractivity contribution in [2.45, 2.75) is 27.0 Å². The number of carbonyl (C=O) groups excluding carboxylic acids is 1. The van der Waals surface area contributed by atoms with E-state index in [2.05, 4.69) is 18.3 Å². The first kappa shape index (κ1) is 18.5. The maximum Gasteiger partial charge on any atom is 0.261 e. The molecule has 0 spiro atoms. The lowest BCUT2D eigenvalue weighted by Crippen LogP contribution is -2.21. The molecule has 134 valence electrons. The van der Waals surface area contributed by atoms with E-state index in [9.17, 15) is 4.79 Å². The number of rotatable bonds is 6. The number of aryl methyl sites for hydroxylation is 2. The summed E-state index contributed by atoms with van der Waals surface area (Å²) in [6, 6.07) is 15.5. The van der Waals surface area contributed by atoms with Crippen LogP contribution in [0.1, 0.15) is 31.9 Å². The van der Waals surface area contributed by atoms with Crippen LogP contribution in [0.5, 0.6) is 5.75 Å². The first-order chi connectivity index (χ1) is 12.5. The molecule has 5 heteroatoms. The minimum Gasteiger partial charge on any atom is -0.489 e. The molecule has 0 atom stereocenters. The molecule has 0 unspecified atom stereocenters. The zero-order valence-corrected chi connectivity index (χ0v) is 16.3. The zero-order valence-electron chi connectivity index (χ0n) is 14.7. The summed E-state index contributed by atoms with van der Waals surface area (Å²) in [5.74, 6) is 0.763. The van der Waals surface area contributed by atoms with Crippen LogP contribution in [0.25, 0.3) is 0 Å². The molecule has 0 aliphatic rings. The Morgan fingerprint density at radius 2 is 1.96 bits per heavy atom. The van der Waals surface area contributed by atoms with Gasteiger partial charge in [-0.15, -0.1) is 11.3 Å². The molecule has 3 aromatic rings. The molecule has 0 saturated carbocycles. The number of halogens is 1. The van der Waals surface area contributed by atoms with Crippen molar-refractivity contribution >= 4 is 28.8 Å². The van der Waals surface area contributed by atoms with Crippen LogP contribution in [-0.4, -0.2) is 5.91 Å². The van der Waals surface area contributed by atoms with Gasteiger partial charge in [0.15, 0.2) is 0 Å². The van der Waals surface area contributed by atoms with E-state index >= 15 is 0 Å². The summed E-state index contributed by atoms with van der Waals surface area (Å²) in [7, 11) is 0. The van der Waals surface area contributed by atoms with E-state index in [1.807, 2.05) is 54.8 Å². The fourth-order valence-electron chi connectivity index (χ4n) is 2.60. The van der Waals surface area contributed by atoms with Crippen molar-refractivity contribution in [1.82, 2.24) is 5.32 Å². The van der Waals surface area contributed by atoms with Crippen LogP contribution in [0.3, 0.4) is 0 Å². The lowest BCUT2D eigenvalue weighted by Gasteiger charge is -2.08. The van der Waals surface area contributed by atoms with Gasteiger partial charge in [-0.25, -0.2) is 0 Å². The van der Waals surface area contributed by atoms with Gasteiger partial charge in [0, 0.05) is 17.1 Å². The summed E-state index contributed by atoms with van der Waals surface area (Å²) in [6.07, 6.45) is 0. The average Bonchev–Trinajstić information content (AvgIpc) is 3.09. The fourth-order valence-corrected chi connectivity index (χ4v) is 3.61. The topological polar surface area (TPSA) is 38.3 Å². The van der Waals surface area contributed by atoms with Crippen molar-refractivity contribution in [2.75, 3.05) is 0 Å². The Hall–Kier alpha value is -2.30. The van der Waals surface area contributed by atoms with Gasteiger partial charge in [0.05, 0.1) is 4.88 Å². The van der Waals surface area contributed by atoms with Crippen LogP contribution in [0.15, 0.2) is 53.9 Å². The quantitative estimate of drug-likeness (QED) is 0.606. The van der Waals surface area contributed by atoms with Crippen molar-refractivity contribution < 1.29 is 9.53 Å². The van der Waals surface area contributed by atoms with Crippen molar-refractivity contribution in [1.29, 1.82) is 0 Å². The molecule has 0 bridgehead atoms. The van der Waals surface area contributed by atoms with Crippen molar-refractivity contribution in [3.63, 3.8) is 0 Å². The molecule has 0 radical (unpaired) electrons. The Balaban J connectivity index is 1.57. The first-order valence-corrected chi connectivity index (χ1v) is 9.58. The van der Waals surface area contributed by atoms with E-state index in [1.54, 1.807) is 0 Å². The normalized spacial score (nSPS) is 10.6. The lowest BCUT2D eigenvalue weighted by atomic mass is 10.1. The summed E-state index contributed by atoms with van der Waals surface area (Å²) >= 11 is 7.53. The van der Waals surface area contributed by atoms with Crippen molar-refractivity contribution in [3.8, 4) is 5.75 Å². The van der Waals surface area contributed by atoms with Gasteiger partial charge in [-0.1, -0.05) is 47.5 Å². The van der Waals surface area contributed by atoms with E-state index in [1.165, 1.54) is 16.9 Å². The Morgan fingerprint density at radius 1 is 1.15 bits per heavy atom. The number of carbonyl (C=O) groups is 1. The number of amides is 1. The number of ether oxygens (including phenoxy) is 1. The summed E-state index contributed by atoms with van der Waals surface area (Å²) in [4.78, 5) is 13.0. The SMILES string of the molecule is Cc1ccc(OCc2csc(C(=O)NCc3ccccc3Cl)c2)c(C)c1. The number of nitrogens with one attached hydrogen (secondary N) is 1. The predicted octanol–water partition coefficient (Wildman–Crippen LogP) is 5.53. The third-order valence-corrected chi connectivity index (χ3v) is 5.35. The monoisotopic (exact) mass is 385 g/mol. The molecule has 0 saturated heterocycles. The Kier molecular flexibility index (Phi) is 5.96. The van der Waals surface area contributed by atoms with Gasteiger partial charge in [-0.05, 0) is 48.6 Å². The van der Waals surface area contributed by atoms with Crippen LogP contribution in [0.4, 0.5) is 0 Å². The van der Waals surface area contributed by atoms with Crippen LogP contribution in [0.2, 0.25) is 5.02 Å². The van der Waals surface area contributed by atoms with Crippen LogP contribution >= 0.6 is 22.9 Å². The van der Waals surface area contributed by atoms with Gasteiger partial charge < -0.3 is 10.1 Å². The predicted molar refractivity (Wildman–Crippen MR) is 107 cm³/mol. The van der Waals surface area contributed by atoms with Gasteiger partial charge in [0.25, 0.3) is 5.91 Å². The fraction of sp³-hybridized carbons (Fsp3) is 0.190. The third-order valence-electron chi connectivity index (χ3n) is 4.00. The van der Waals surface area contributed by atoms with Gasteiger partial charge >= 0.3 is 0 Å². The third kappa shape index (κ3) is 4.65. The zero-order chi connectivity index (χ0) is 18.5. The maximum atomic E-state index is 12.3.